The lowest BCUT2D eigenvalue weighted by atomic mass is 9.92. The summed E-state index contributed by atoms with van der Waals surface area (Å²) in [6.07, 6.45) is 1.12. The number of carbonyl (C=O) groups excluding carboxylic acids is 2. The van der Waals surface area contributed by atoms with Gasteiger partial charge in [0.15, 0.2) is 17.4 Å². The number of furan rings is 1. The van der Waals surface area contributed by atoms with E-state index in [1.165, 1.54) is 11.3 Å². The van der Waals surface area contributed by atoms with E-state index in [1.54, 1.807) is 17.0 Å². The zero-order valence-electron chi connectivity index (χ0n) is 15.9. The number of hydrogen-bond acceptors (Lipinski definition) is 6. The third-order valence-corrected chi connectivity index (χ3v) is 5.91. The Kier molecular flexibility index (Phi) is 5.17. The highest BCUT2D eigenvalue weighted by Crippen LogP contribution is 2.31. The van der Waals surface area contributed by atoms with Gasteiger partial charge in [-0.15, -0.1) is 11.3 Å². The molecule has 28 heavy (non-hydrogen) atoms. The molecule has 6 nitrogen and oxygen atoms in total. The van der Waals surface area contributed by atoms with Crippen molar-refractivity contribution in [1.29, 1.82) is 0 Å². The van der Waals surface area contributed by atoms with Crippen molar-refractivity contribution >= 4 is 33.4 Å². The average molecular weight is 398 g/mol. The predicted molar refractivity (Wildman–Crippen MR) is 107 cm³/mol. The van der Waals surface area contributed by atoms with E-state index in [9.17, 15) is 9.59 Å². The minimum absolute atomic E-state index is 0.0717. The smallest absolute Gasteiger partial charge is 0.374 e. The molecular formula is C21H22N2O4S. The van der Waals surface area contributed by atoms with Crippen molar-refractivity contribution in [3.63, 3.8) is 0 Å². The molecule has 1 aliphatic heterocycles. The Hall–Kier alpha value is -2.67. The van der Waals surface area contributed by atoms with Crippen LogP contribution in [0, 0.1) is 11.8 Å². The van der Waals surface area contributed by atoms with E-state index in [4.69, 9.17) is 9.15 Å². The van der Waals surface area contributed by atoms with Gasteiger partial charge in [-0.05, 0) is 42.5 Å². The van der Waals surface area contributed by atoms with E-state index in [1.807, 2.05) is 24.3 Å². The molecule has 146 valence electrons. The van der Waals surface area contributed by atoms with E-state index in [0.29, 0.717) is 35.7 Å². The standard InChI is InChI=1S/C21H22N2O4S/c1-13-9-14(2)11-23(10-13)19(24)12-26-21(25)17-8-7-16(27-17)20-22-15-5-3-4-6-18(15)28-20/h3-8,13-14H,9-12H2,1-2H3/t13-,14+. The summed E-state index contributed by atoms with van der Waals surface area (Å²) in [7, 11) is 0. The topological polar surface area (TPSA) is 72.6 Å². The van der Waals surface area contributed by atoms with Crippen molar-refractivity contribution in [1.82, 2.24) is 9.88 Å². The Balaban J connectivity index is 1.38. The molecule has 3 aromatic rings. The number of amides is 1. The Morgan fingerprint density at radius 1 is 1.18 bits per heavy atom. The van der Waals surface area contributed by atoms with Gasteiger partial charge >= 0.3 is 5.97 Å². The van der Waals surface area contributed by atoms with Gasteiger partial charge in [0.25, 0.3) is 5.91 Å². The Morgan fingerprint density at radius 2 is 1.93 bits per heavy atom. The minimum Gasteiger partial charge on any atom is -0.450 e. The van der Waals surface area contributed by atoms with Crippen molar-refractivity contribution in [2.24, 2.45) is 11.8 Å². The largest absolute Gasteiger partial charge is 0.450 e. The first-order valence-corrected chi connectivity index (χ1v) is 10.2. The highest BCUT2D eigenvalue weighted by molar-refractivity contribution is 7.21. The van der Waals surface area contributed by atoms with Crippen LogP contribution in [-0.4, -0.2) is 41.5 Å². The maximum absolute atomic E-state index is 12.4. The number of thiazole rings is 1. The molecule has 1 amide bonds. The summed E-state index contributed by atoms with van der Waals surface area (Å²) in [4.78, 5) is 30.9. The molecule has 7 heteroatoms. The summed E-state index contributed by atoms with van der Waals surface area (Å²) in [6.45, 7) is 5.42. The van der Waals surface area contributed by atoms with E-state index in [-0.39, 0.29) is 18.3 Å². The van der Waals surface area contributed by atoms with Crippen LogP contribution in [0.2, 0.25) is 0 Å². The second-order valence-electron chi connectivity index (χ2n) is 7.47. The fourth-order valence-corrected chi connectivity index (χ4v) is 4.62. The van der Waals surface area contributed by atoms with Crippen molar-refractivity contribution < 1.29 is 18.7 Å². The SMILES string of the molecule is C[C@@H]1C[C@H](C)CN(C(=O)COC(=O)c2ccc(-c3nc4ccccc4s3)o2)C1. The van der Waals surface area contributed by atoms with Crippen LogP contribution in [0.3, 0.4) is 0 Å². The number of ether oxygens (including phenoxy) is 1. The van der Waals surface area contributed by atoms with Gasteiger partial charge in [0.05, 0.1) is 10.2 Å². The van der Waals surface area contributed by atoms with E-state index >= 15 is 0 Å². The lowest BCUT2D eigenvalue weighted by Crippen LogP contribution is -2.44. The molecule has 1 fully saturated rings. The molecule has 2 aromatic heterocycles. The van der Waals surface area contributed by atoms with Crippen LogP contribution < -0.4 is 0 Å². The molecule has 0 bridgehead atoms. The van der Waals surface area contributed by atoms with Crippen LogP contribution in [0.15, 0.2) is 40.8 Å². The number of nitrogens with zero attached hydrogens (tertiary/aromatic N) is 2. The van der Waals surface area contributed by atoms with Crippen molar-refractivity contribution in [3.05, 3.63) is 42.2 Å². The van der Waals surface area contributed by atoms with Crippen LogP contribution in [0.4, 0.5) is 0 Å². The van der Waals surface area contributed by atoms with Crippen molar-refractivity contribution in [3.8, 4) is 10.8 Å². The third kappa shape index (κ3) is 3.94. The van der Waals surface area contributed by atoms with Gasteiger partial charge in [-0.25, -0.2) is 9.78 Å². The maximum atomic E-state index is 12.4. The van der Waals surface area contributed by atoms with E-state index in [0.717, 1.165) is 16.6 Å². The van der Waals surface area contributed by atoms with Crippen LogP contribution in [0.25, 0.3) is 21.0 Å². The number of aromatic nitrogens is 1. The number of benzene rings is 1. The first kappa shape index (κ1) is 18.7. The molecule has 1 aliphatic rings. The monoisotopic (exact) mass is 398 g/mol. The first-order chi connectivity index (χ1) is 13.5. The highest BCUT2D eigenvalue weighted by Gasteiger charge is 2.26. The van der Waals surface area contributed by atoms with Crippen LogP contribution in [-0.2, 0) is 9.53 Å². The summed E-state index contributed by atoms with van der Waals surface area (Å²) in [6, 6.07) is 11.1. The summed E-state index contributed by atoms with van der Waals surface area (Å²) < 4.78 is 11.9. The quantitative estimate of drug-likeness (QED) is 0.616. The van der Waals surface area contributed by atoms with Crippen molar-refractivity contribution in [2.45, 2.75) is 20.3 Å². The molecule has 3 heterocycles. The lowest BCUT2D eigenvalue weighted by Gasteiger charge is -2.34. The molecule has 0 unspecified atom stereocenters. The number of likely N-dealkylation sites (tertiary alicyclic amines) is 1. The van der Waals surface area contributed by atoms with Gasteiger partial charge in [-0.1, -0.05) is 26.0 Å². The number of rotatable bonds is 4. The Morgan fingerprint density at radius 3 is 2.68 bits per heavy atom. The number of para-hydroxylation sites is 1. The predicted octanol–water partition coefficient (Wildman–Crippen LogP) is 4.22. The summed E-state index contributed by atoms with van der Waals surface area (Å²) in [5.41, 5.74) is 0.888. The molecule has 2 atom stereocenters. The number of hydrogen-bond donors (Lipinski definition) is 0. The highest BCUT2D eigenvalue weighted by atomic mass is 32.1. The van der Waals surface area contributed by atoms with Crippen LogP contribution in [0.5, 0.6) is 0 Å². The average Bonchev–Trinajstić information content (AvgIpc) is 3.31. The number of esters is 1. The Bertz CT molecular complexity index is 966. The van der Waals surface area contributed by atoms with Crippen molar-refractivity contribution in [2.75, 3.05) is 19.7 Å². The molecular weight excluding hydrogens is 376 g/mol. The number of piperidine rings is 1. The zero-order chi connectivity index (χ0) is 19.7. The van der Waals surface area contributed by atoms with Crippen LogP contribution in [0.1, 0.15) is 30.8 Å². The van der Waals surface area contributed by atoms with Gasteiger partial charge in [0.2, 0.25) is 5.76 Å². The van der Waals surface area contributed by atoms with Crippen LogP contribution >= 0.6 is 11.3 Å². The number of carbonyl (C=O) groups is 2. The molecule has 0 spiro atoms. The minimum atomic E-state index is -0.640. The fourth-order valence-electron chi connectivity index (χ4n) is 3.70. The van der Waals surface area contributed by atoms with E-state index in [2.05, 4.69) is 18.8 Å². The molecule has 1 aromatic carbocycles. The summed E-state index contributed by atoms with van der Waals surface area (Å²) >= 11 is 1.50. The second kappa shape index (κ2) is 7.75. The molecule has 0 saturated carbocycles. The zero-order valence-corrected chi connectivity index (χ0v) is 16.7. The molecule has 0 aliphatic carbocycles. The fraction of sp³-hybridized carbons (Fsp3) is 0.381. The molecule has 1 saturated heterocycles. The maximum Gasteiger partial charge on any atom is 0.374 e. The second-order valence-corrected chi connectivity index (χ2v) is 8.50. The molecule has 4 rings (SSSR count). The first-order valence-electron chi connectivity index (χ1n) is 9.40. The Labute approximate surface area is 167 Å². The normalized spacial score (nSPS) is 19.7. The van der Waals surface area contributed by atoms with E-state index < -0.39 is 5.97 Å². The summed E-state index contributed by atoms with van der Waals surface area (Å²) in [5, 5.41) is 0.701. The number of fused-ring (bicyclic) bond motifs is 1. The van der Waals surface area contributed by atoms with Gasteiger partial charge < -0.3 is 14.1 Å². The van der Waals surface area contributed by atoms with Gasteiger partial charge in [-0.2, -0.15) is 0 Å². The van der Waals surface area contributed by atoms with Gasteiger partial charge in [0, 0.05) is 13.1 Å². The van der Waals surface area contributed by atoms with Gasteiger partial charge in [0.1, 0.15) is 0 Å². The third-order valence-electron chi connectivity index (χ3n) is 4.86. The van der Waals surface area contributed by atoms with Gasteiger partial charge in [-0.3, -0.25) is 4.79 Å². The summed E-state index contributed by atoms with van der Waals surface area (Å²) in [5.74, 6) is 0.707. The lowest BCUT2D eigenvalue weighted by molar-refractivity contribution is -0.137. The molecule has 0 radical (unpaired) electrons. The molecule has 0 N–H and O–H groups in total.